The second-order valence-corrected chi connectivity index (χ2v) is 6.50. The summed E-state index contributed by atoms with van der Waals surface area (Å²) in [6.07, 6.45) is 5.82. The van der Waals surface area contributed by atoms with Crippen LogP contribution in [0.5, 0.6) is 0 Å². The number of rotatable bonds is 0. The first kappa shape index (κ1) is 8.50. The van der Waals surface area contributed by atoms with Crippen LogP contribution in [0.25, 0.3) is 0 Å². The van der Waals surface area contributed by atoms with Gasteiger partial charge in [-0.2, -0.15) is 0 Å². The topological polar surface area (TPSA) is 0 Å². The van der Waals surface area contributed by atoms with Crippen LogP contribution < -0.4 is 0 Å². The second kappa shape index (κ2) is 2.80. The first-order valence-corrected chi connectivity index (χ1v) is 5.92. The summed E-state index contributed by atoms with van der Waals surface area (Å²) in [6.45, 7) is 6.88. The van der Waals surface area contributed by atoms with Crippen LogP contribution in [-0.4, -0.2) is 25.8 Å². The van der Waals surface area contributed by atoms with Gasteiger partial charge in [-0.05, 0) is 0 Å². The Morgan fingerprint density at radius 2 is 2.00 bits per heavy atom. The molecule has 0 saturated heterocycles. The fourth-order valence-electron chi connectivity index (χ4n) is 1.25. The first-order valence-electron chi connectivity index (χ1n) is 3.67. The molecule has 0 aromatic carbocycles. The van der Waals surface area contributed by atoms with Gasteiger partial charge in [0.15, 0.2) is 0 Å². The molecule has 0 radical (unpaired) electrons. The third-order valence-corrected chi connectivity index (χ3v) is 3.90. The van der Waals surface area contributed by atoms with Crippen LogP contribution in [0.2, 0.25) is 0 Å². The molecule has 0 aromatic heterocycles. The maximum atomic E-state index is 2.30. The van der Waals surface area contributed by atoms with E-state index in [0.29, 0.717) is 5.41 Å². The molecule has 0 aliphatic heterocycles. The molecule has 1 aliphatic carbocycles. The second-order valence-electron chi connectivity index (χ2n) is 3.80. The van der Waals surface area contributed by atoms with E-state index in [0.717, 1.165) is 25.8 Å². The zero-order chi connectivity index (χ0) is 7.78. The van der Waals surface area contributed by atoms with E-state index in [4.69, 9.17) is 0 Å². The van der Waals surface area contributed by atoms with E-state index < -0.39 is 0 Å². The number of hydrogen-bond donors (Lipinski definition) is 0. The first-order chi connectivity index (χ1) is 4.52. The van der Waals surface area contributed by atoms with Gasteiger partial charge in [0.2, 0.25) is 0 Å². The van der Waals surface area contributed by atoms with Gasteiger partial charge in [-0.1, -0.05) is 0 Å². The van der Waals surface area contributed by atoms with Crippen LogP contribution in [0.3, 0.4) is 0 Å². The molecule has 0 spiro atoms. The fraction of sp³-hybridized carbons (Fsp3) is 0.556. The summed E-state index contributed by atoms with van der Waals surface area (Å²) >= 11 is 1.04. The van der Waals surface area contributed by atoms with Gasteiger partial charge < -0.3 is 0 Å². The van der Waals surface area contributed by atoms with E-state index in [-0.39, 0.29) is 0 Å². The Bertz CT molecular complexity index is 191. The molecule has 1 aliphatic rings. The van der Waals surface area contributed by atoms with Crippen LogP contribution in [-0.2, 0) is 0 Å². The van der Waals surface area contributed by atoms with Crippen LogP contribution in [0, 0.1) is 5.41 Å². The molecule has 0 unspecified atom stereocenters. The van der Waals surface area contributed by atoms with Crippen molar-refractivity contribution in [3.05, 3.63) is 20.9 Å². The predicted molar refractivity (Wildman–Crippen MR) is 46.0 cm³/mol. The minimum atomic E-state index is 0.386. The Balaban J connectivity index is 2.91. The quantitative estimate of drug-likeness (QED) is 0.600. The maximum absolute atomic E-state index is 2.30. The van der Waals surface area contributed by atoms with Crippen molar-refractivity contribution in [2.24, 2.45) is 5.41 Å². The Labute approximate surface area is 79.1 Å². The van der Waals surface area contributed by atoms with Crippen LogP contribution in [0.15, 0.2) is 20.9 Å². The third kappa shape index (κ3) is 1.71. The molecule has 0 N–H and O–H groups in total. The molecule has 0 nitrogen and oxygen atoms in total. The fourth-order valence-corrected chi connectivity index (χ4v) is 3.84. The SMILES string of the molecule is CC(C)(C)C1=[C]([Tl])CC=C1. The van der Waals surface area contributed by atoms with Gasteiger partial charge in [0.1, 0.15) is 0 Å². The van der Waals surface area contributed by atoms with E-state index in [1.165, 1.54) is 6.42 Å². The molecule has 0 atom stereocenters. The zero-order valence-corrected chi connectivity index (χ0v) is 11.4. The molecule has 1 heteroatoms. The Morgan fingerprint density at radius 3 is 2.20 bits per heavy atom. The molecule has 10 heavy (non-hydrogen) atoms. The monoisotopic (exact) mass is 326 g/mol. The summed E-state index contributed by atoms with van der Waals surface area (Å²) in [6, 6.07) is 0. The van der Waals surface area contributed by atoms with Gasteiger partial charge in [-0.25, -0.2) is 0 Å². The van der Waals surface area contributed by atoms with E-state index in [9.17, 15) is 0 Å². The van der Waals surface area contributed by atoms with Crippen molar-refractivity contribution in [2.75, 3.05) is 0 Å². The summed E-state index contributed by atoms with van der Waals surface area (Å²) < 4.78 is 1.70. The van der Waals surface area contributed by atoms with E-state index >= 15 is 0 Å². The van der Waals surface area contributed by atoms with E-state index in [1.54, 1.807) is 8.71 Å². The zero-order valence-electron chi connectivity index (χ0n) is 6.94. The van der Waals surface area contributed by atoms with Crippen LogP contribution in [0.4, 0.5) is 0 Å². The Kier molecular flexibility index (Phi) is 2.38. The standard InChI is InChI=1S/C9H13.Tl/c1-9(2,3)8-6-4-5-7-8;/h4,6H,5H2,1-3H3;. The van der Waals surface area contributed by atoms with Gasteiger partial charge in [-0.3, -0.25) is 0 Å². The van der Waals surface area contributed by atoms with E-state index in [1.807, 2.05) is 0 Å². The van der Waals surface area contributed by atoms with Crippen molar-refractivity contribution in [2.45, 2.75) is 27.2 Å². The van der Waals surface area contributed by atoms with Crippen LogP contribution in [0.1, 0.15) is 27.2 Å². The molecule has 52 valence electrons. The van der Waals surface area contributed by atoms with Crippen molar-refractivity contribution in [1.29, 1.82) is 0 Å². The molecule has 0 bridgehead atoms. The van der Waals surface area contributed by atoms with Gasteiger partial charge in [0.25, 0.3) is 0 Å². The number of allylic oxidation sites excluding steroid dienone is 4. The Hall–Kier alpha value is 0.402. The summed E-state index contributed by atoms with van der Waals surface area (Å²) in [4.78, 5) is 0. The van der Waals surface area contributed by atoms with Gasteiger partial charge >= 0.3 is 79.2 Å². The summed E-state index contributed by atoms with van der Waals surface area (Å²) in [7, 11) is 0. The normalized spacial score (nSPS) is 18.6. The average Bonchev–Trinajstić information content (AvgIpc) is 2.11. The summed E-state index contributed by atoms with van der Waals surface area (Å²) in [5.41, 5.74) is 1.98. The summed E-state index contributed by atoms with van der Waals surface area (Å²) in [5, 5.41) is 0. The molecular weight excluding hydrogens is 312 g/mol. The molecule has 0 amide bonds. The van der Waals surface area contributed by atoms with Gasteiger partial charge in [-0.15, -0.1) is 0 Å². The molecule has 1 rings (SSSR count). The van der Waals surface area contributed by atoms with Crippen LogP contribution >= 0.6 is 0 Å². The third-order valence-electron chi connectivity index (χ3n) is 1.78. The molecule has 0 aromatic rings. The molecule has 0 saturated carbocycles. The Morgan fingerprint density at radius 1 is 1.40 bits per heavy atom. The predicted octanol–water partition coefficient (Wildman–Crippen LogP) is 2.42. The van der Waals surface area contributed by atoms with Crippen molar-refractivity contribution >= 4 is 25.8 Å². The summed E-state index contributed by atoms with van der Waals surface area (Å²) in [5.74, 6) is 0. The van der Waals surface area contributed by atoms with Crippen molar-refractivity contribution < 1.29 is 0 Å². The van der Waals surface area contributed by atoms with Gasteiger partial charge in [0.05, 0.1) is 0 Å². The molecular formula is C9H13Tl. The van der Waals surface area contributed by atoms with Crippen molar-refractivity contribution in [3.63, 3.8) is 0 Å². The van der Waals surface area contributed by atoms with Gasteiger partial charge in [0, 0.05) is 0 Å². The van der Waals surface area contributed by atoms with E-state index in [2.05, 4.69) is 32.9 Å². The minimum absolute atomic E-state index is 0.386. The van der Waals surface area contributed by atoms with Crippen molar-refractivity contribution in [1.82, 2.24) is 0 Å². The van der Waals surface area contributed by atoms with Crippen molar-refractivity contribution in [3.8, 4) is 0 Å². The molecule has 0 fully saturated rings. The average molecular weight is 326 g/mol. The number of hydrogen-bond acceptors (Lipinski definition) is 0. The molecule has 0 heterocycles.